The lowest BCUT2D eigenvalue weighted by atomic mass is 10.2. The molecule has 0 spiro atoms. The van der Waals surface area contributed by atoms with Crippen LogP contribution in [0, 0.1) is 0 Å². The number of aliphatic imine (C=N–C) groups is 1. The van der Waals surface area contributed by atoms with Crippen LogP contribution in [-0.4, -0.2) is 72.0 Å². The van der Waals surface area contributed by atoms with Crippen molar-refractivity contribution in [2.45, 2.75) is 13.1 Å². The Labute approximate surface area is 205 Å². The quantitative estimate of drug-likeness (QED) is 0.251. The monoisotopic (exact) mass is 551 g/mol. The SMILES string of the molecule is CN=C(NCc1ccccc1OCCN1CCOCC1)NCc1nnc2ccccn12.I. The molecule has 0 bridgehead atoms. The molecule has 3 heterocycles. The summed E-state index contributed by atoms with van der Waals surface area (Å²) in [6.07, 6.45) is 1.95. The van der Waals surface area contributed by atoms with E-state index in [0.29, 0.717) is 25.7 Å². The van der Waals surface area contributed by atoms with Crippen molar-refractivity contribution < 1.29 is 9.47 Å². The summed E-state index contributed by atoms with van der Waals surface area (Å²) < 4.78 is 13.4. The van der Waals surface area contributed by atoms with E-state index in [9.17, 15) is 0 Å². The van der Waals surface area contributed by atoms with E-state index >= 15 is 0 Å². The standard InChI is InChI=1S/C22H29N7O2.HI/c1-23-22(25-17-21-27-26-20-8-4-5-9-29(20)21)24-16-18-6-2-3-7-19(18)31-15-12-28-10-13-30-14-11-28;/h2-9H,10-17H2,1H3,(H2,23,24,25);1H. The van der Waals surface area contributed by atoms with Gasteiger partial charge in [0, 0.05) is 45.0 Å². The predicted molar refractivity (Wildman–Crippen MR) is 135 cm³/mol. The topological polar surface area (TPSA) is 88.3 Å². The maximum absolute atomic E-state index is 6.07. The number of aromatic nitrogens is 3. The number of rotatable bonds is 8. The van der Waals surface area contributed by atoms with Gasteiger partial charge >= 0.3 is 0 Å². The van der Waals surface area contributed by atoms with Crippen LogP contribution in [0.2, 0.25) is 0 Å². The minimum absolute atomic E-state index is 0. The second-order valence-corrected chi connectivity index (χ2v) is 7.23. The maximum atomic E-state index is 6.07. The molecule has 0 unspecified atom stereocenters. The molecule has 4 rings (SSSR count). The Balaban J connectivity index is 0.00000289. The number of fused-ring (bicyclic) bond motifs is 1. The number of benzene rings is 1. The molecule has 1 saturated heterocycles. The van der Waals surface area contributed by atoms with Crippen LogP contribution in [0.1, 0.15) is 11.4 Å². The number of morpholine rings is 1. The highest BCUT2D eigenvalue weighted by molar-refractivity contribution is 14.0. The van der Waals surface area contributed by atoms with E-state index in [1.165, 1.54) is 0 Å². The maximum Gasteiger partial charge on any atom is 0.191 e. The molecule has 0 saturated carbocycles. The van der Waals surface area contributed by atoms with E-state index in [1.807, 2.05) is 47.0 Å². The number of nitrogens with one attached hydrogen (secondary N) is 2. The Morgan fingerprint density at radius 2 is 1.84 bits per heavy atom. The van der Waals surface area contributed by atoms with Crippen LogP contribution in [0.3, 0.4) is 0 Å². The third-order valence-electron chi connectivity index (χ3n) is 5.21. The van der Waals surface area contributed by atoms with Crippen LogP contribution in [0.4, 0.5) is 0 Å². The summed E-state index contributed by atoms with van der Waals surface area (Å²) >= 11 is 0. The normalized spacial score (nSPS) is 14.7. The molecule has 2 N–H and O–H groups in total. The van der Waals surface area contributed by atoms with Gasteiger partial charge in [-0.05, 0) is 18.2 Å². The van der Waals surface area contributed by atoms with E-state index in [2.05, 4.69) is 36.8 Å². The average Bonchev–Trinajstić information content (AvgIpc) is 3.24. The molecule has 2 aromatic heterocycles. The minimum atomic E-state index is 0. The van der Waals surface area contributed by atoms with Gasteiger partial charge in [0.1, 0.15) is 12.4 Å². The first-order chi connectivity index (χ1) is 15.3. The van der Waals surface area contributed by atoms with E-state index in [4.69, 9.17) is 9.47 Å². The number of pyridine rings is 1. The molecule has 172 valence electrons. The van der Waals surface area contributed by atoms with Gasteiger partial charge in [-0.3, -0.25) is 14.3 Å². The molecule has 3 aromatic rings. The Morgan fingerprint density at radius 1 is 1.06 bits per heavy atom. The Kier molecular flexibility index (Phi) is 9.50. The van der Waals surface area contributed by atoms with Crippen LogP contribution in [0.25, 0.3) is 5.65 Å². The molecule has 1 fully saturated rings. The molecular formula is C22H30IN7O2. The van der Waals surface area contributed by atoms with Gasteiger partial charge in [0.2, 0.25) is 0 Å². The molecule has 1 aliphatic rings. The molecule has 0 atom stereocenters. The molecular weight excluding hydrogens is 521 g/mol. The Hall–Kier alpha value is -2.44. The van der Waals surface area contributed by atoms with Crippen molar-refractivity contribution in [1.29, 1.82) is 0 Å². The predicted octanol–water partition coefficient (Wildman–Crippen LogP) is 1.92. The minimum Gasteiger partial charge on any atom is -0.492 e. The second-order valence-electron chi connectivity index (χ2n) is 7.23. The van der Waals surface area contributed by atoms with Crippen molar-refractivity contribution >= 4 is 35.6 Å². The van der Waals surface area contributed by atoms with Crippen molar-refractivity contribution in [3.05, 3.63) is 60.0 Å². The second kappa shape index (κ2) is 12.6. The van der Waals surface area contributed by atoms with Gasteiger partial charge in [0.15, 0.2) is 17.4 Å². The fourth-order valence-electron chi connectivity index (χ4n) is 3.47. The zero-order chi connectivity index (χ0) is 21.3. The van der Waals surface area contributed by atoms with Crippen LogP contribution in [0.5, 0.6) is 5.75 Å². The van der Waals surface area contributed by atoms with Crippen molar-refractivity contribution in [1.82, 2.24) is 30.1 Å². The van der Waals surface area contributed by atoms with E-state index in [0.717, 1.165) is 55.6 Å². The first-order valence-electron chi connectivity index (χ1n) is 10.6. The first-order valence-corrected chi connectivity index (χ1v) is 10.6. The summed E-state index contributed by atoms with van der Waals surface area (Å²) in [5.41, 5.74) is 1.91. The van der Waals surface area contributed by atoms with Gasteiger partial charge in [-0.15, -0.1) is 34.2 Å². The van der Waals surface area contributed by atoms with Crippen molar-refractivity contribution in [3.8, 4) is 5.75 Å². The fraction of sp³-hybridized carbons (Fsp3) is 0.409. The largest absolute Gasteiger partial charge is 0.492 e. The average molecular weight is 551 g/mol. The molecule has 0 aliphatic carbocycles. The molecule has 9 nitrogen and oxygen atoms in total. The van der Waals surface area contributed by atoms with Crippen LogP contribution in [-0.2, 0) is 17.8 Å². The number of para-hydroxylation sites is 1. The lowest BCUT2D eigenvalue weighted by Gasteiger charge is -2.26. The van der Waals surface area contributed by atoms with Crippen LogP contribution in [0.15, 0.2) is 53.7 Å². The zero-order valence-electron chi connectivity index (χ0n) is 18.2. The highest BCUT2D eigenvalue weighted by Crippen LogP contribution is 2.17. The summed E-state index contributed by atoms with van der Waals surface area (Å²) in [7, 11) is 1.75. The van der Waals surface area contributed by atoms with Gasteiger partial charge in [-0.25, -0.2) is 0 Å². The number of ether oxygens (including phenoxy) is 2. The number of nitrogens with zero attached hydrogens (tertiary/aromatic N) is 5. The van der Waals surface area contributed by atoms with Gasteiger partial charge in [0.25, 0.3) is 0 Å². The summed E-state index contributed by atoms with van der Waals surface area (Å²) in [6, 6.07) is 13.9. The number of halogens is 1. The lowest BCUT2D eigenvalue weighted by molar-refractivity contribution is 0.0322. The molecule has 0 amide bonds. The van der Waals surface area contributed by atoms with E-state index in [-0.39, 0.29) is 24.0 Å². The van der Waals surface area contributed by atoms with Crippen LogP contribution < -0.4 is 15.4 Å². The van der Waals surface area contributed by atoms with Crippen LogP contribution >= 0.6 is 24.0 Å². The lowest BCUT2D eigenvalue weighted by Crippen LogP contribution is -2.38. The van der Waals surface area contributed by atoms with E-state index in [1.54, 1.807) is 7.05 Å². The smallest absolute Gasteiger partial charge is 0.191 e. The Bertz CT molecular complexity index is 1000. The third-order valence-corrected chi connectivity index (χ3v) is 5.21. The molecule has 10 heteroatoms. The highest BCUT2D eigenvalue weighted by Gasteiger charge is 2.11. The number of guanidine groups is 1. The number of hydrogen-bond acceptors (Lipinski definition) is 6. The van der Waals surface area contributed by atoms with Crippen molar-refractivity contribution in [2.75, 3.05) is 46.5 Å². The summed E-state index contributed by atoms with van der Waals surface area (Å²) in [5.74, 6) is 2.41. The van der Waals surface area contributed by atoms with Gasteiger partial charge < -0.3 is 20.1 Å². The fourth-order valence-corrected chi connectivity index (χ4v) is 3.47. The molecule has 1 aromatic carbocycles. The third kappa shape index (κ3) is 6.53. The molecule has 32 heavy (non-hydrogen) atoms. The van der Waals surface area contributed by atoms with Gasteiger partial charge in [-0.2, -0.15) is 0 Å². The van der Waals surface area contributed by atoms with Gasteiger partial charge in [0.05, 0.1) is 19.8 Å². The van der Waals surface area contributed by atoms with Crippen molar-refractivity contribution in [2.24, 2.45) is 4.99 Å². The number of hydrogen-bond donors (Lipinski definition) is 2. The first kappa shape index (κ1) is 24.2. The Morgan fingerprint density at radius 3 is 2.69 bits per heavy atom. The summed E-state index contributed by atoms with van der Waals surface area (Å²) in [5, 5.41) is 15.1. The zero-order valence-corrected chi connectivity index (χ0v) is 20.6. The summed E-state index contributed by atoms with van der Waals surface area (Å²) in [4.78, 5) is 6.68. The van der Waals surface area contributed by atoms with E-state index < -0.39 is 0 Å². The highest BCUT2D eigenvalue weighted by atomic mass is 127. The molecule has 0 radical (unpaired) electrons. The molecule has 1 aliphatic heterocycles. The van der Waals surface area contributed by atoms with Gasteiger partial charge in [-0.1, -0.05) is 24.3 Å². The summed E-state index contributed by atoms with van der Waals surface area (Å²) in [6.45, 7) is 6.22. The van der Waals surface area contributed by atoms with Crippen molar-refractivity contribution in [3.63, 3.8) is 0 Å².